The molecule has 0 aliphatic rings. The first-order valence-corrected chi connectivity index (χ1v) is 7.81. The molecule has 0 aliphatic carbocycles. The highest BCUT2D eigenvalue weighted by atomic mass is 16.1. The van der Waals surface area contributed by atoms with Crippen LogP contribution in [0.25, 0.3) is 0 Å². The summed E-state index contributed by atoms with van der Waals surface area (Å²) in [6.45, 7) is 4.17. The number of carbonyl (C=O) groups excluding carboxylic acids is 1. The van der Waals surface area contributed by atoms with Crippen LogP contribution in [0.4, 0.5) is 0 Å². The van der Waals surface area contributed by atoms with Gasteiger partial charge in [0.15, 0.2) is 0 Å². The Hall–Kier alpha value is -1.93. The van der Waals surface area contributed by atoms with Crippen LogP contribution in [-0.4, -0.2) is 25.3 Å². The number of rotatable bonds is 6. The average Bonchev–Trinajstić information content (AvgIpc) is 2.51. The van der Waals surface area contributed by atoms with E-state index in [1.54, 1.807) is 0 Å². The van der Waals surface area contributed by atoms with Gasteiger partial charge in [-0.15, -0.1) is 0 Å². The zero-order valence-electron chi connectivity index (χ0n) is 14.0. The van der Waals surface area contributed by atoms with E-state index in [2.05, 4.69) is 56.3 Å². The summed E-state index contributed by atoms with van der Waals surface area (Å²) in [5.74, 6) is 0. The van der Waals surface area contributed by atoms with Crippen LogP contribution in [0.15, 0.2) is 48.5 Å². The summed E-state index contributed by atoms with van der Waals surface area (Å²) in [4.78, 5) is 14.0. The van der Waals surface area contributed by atoms with Crippen molar-refractivity contribution < 1.29 is 4.79 Å². The molecule has 0 fully saturated rings. The van der Waals surface area contributed by atoms with Crippen molar-refractivity contribution in [3.63, 3.8) is 0 Å². The minimum atomic E-state index is -0.558. The molecule has 0 saturated heterocycles. The van der Waals surface area contributed by atoms with Crippen molar-refractivity contribution in [2.75, 3.05) is 14.1 Å². The van der Waals surface area contributed by atoms with Crippen molar-refractivity contribution in [1.82, 2.24) is 4.90 Å². The number of aldehydes is 1. The molecule has 22 heavy (non-hydrogen) atoms. The number of benzene rings is 2. The lowest BCUT2D eigenvalue weighted by atomic mass is 9.82. The molecule has 0 spiro atoms. The fourth-order valence-corrected chi connectivity index (χ4v) is 3.11. The highest BCUT2D eigenvalue weighted by Crippen LogP contribution is 2.32. The monoisotopic (exact) mass is 295 g/mol. The van der Waals surface area contributed by atoms with Crippen LogP contribution in [0.2, 0.25) is 0 Å². The van der Waals surface area contributed by atoms with Gasteiger partial charge in [0, 0.05) is 0 Å². The number of likely N-dealkylation sites (N-methyl/N-ethyl adjacent to an activating group) is 1. The second kappa shape index (κ2) is 6.89. The van der Waals surface area contributed by atoms with E-state index in [4.69, 9.17) is 0 Å². The molecule has 2 heteroatoms. The molecular formula is C20H25NO. The minimum Gasteiger partial charge on any atom is -0.301 e. The lowest BCUT2D eigenvalue weighted by molar-refractivity contribution is -0.118. The van der Waals surface area contributed by atoms with Crippen molar-refractivity contribution >= 4 is 6.29 Å². The van der Waals surface area contributed by atoms with E-state index < -0.39 is 5.54 Å². The molecule has 0 radical (unpaired) electrons. The summed E-state index contributed by atoms with van der Waals surface area (Å²) in [5.41, 5.74) is 4.28. The van der Waals surface area contributed by atoms with Gasteiger partial charge in [-0.3, -0.25) is 4.90 Å². The second-order valence-corrected chi connectivity index (χ2v) is 6.11. The van der Waals surface area contributed by atoms with E-state index in [1.165, 1.54) is 16.7 Å². The molecule has 2 aromatic rings. The Labute approximate surface area is 133 Å². The fourth-order valence-electron chi connectivity index (χ4n) is 3.11. The van der Waals surface area contributed by atoms with Crippen LogP contribution in [0.1, 0.15) is 35.6 Å². The fraction of sp³-hybridized carbons (Fsp3) is 0.350. The second-order valence-electron chi connectivity index (χ2n) is 6.11. The third kappa shape index (κ3) is 3.12. The Morgan fingerprint density at radius 3 is 2.32 bits per heavy atom. The first-order chi connectivity index (χ1) is 10.5. The normalized spacial score (nSPS) is 13.9. The molecule has 0 saturated carbocycles. The summed E-state index contributed by atoms with van der Waals surface area (Å²) in [5, 5.41) is 0. The van der Waals surface area contributed by atoms with Gasteiger partial charge < -0.3 is 4.79 Å². The average molecular weight is 295 g/mol. The molecule has 0 amide bonds. The Morgan fingerprint density at radius 1 is 1.09 bits per heavy atom. The maximum Gasteiger partial charge on any atom is 0.144 e. The van der Waals surface area contributed by atoms with Crippen molar-refractivity contribution in [3.8, 4) is 0 Å². The maximum atomic E-state index is 11.9. The number of hydrogen-bond acceptors (Lipinski definition) is 2. The van der Waals surface area contributed by atoms with Gasteiger partial charge in [0.25, 0.3) is 0 Å². The smallest absolute Gasteiger partial charge is 0.144 e. The predicted octanol–water partition coefficient (Wildman–Crippen LogP) is 3.95. The van der Waals surface area contributed by atoms with Crippen LogP contribution in [0.5, 0.6) is 0 Å². The zero-order chi connectivity index (χ0) is 16.2. The van der Waals surface area contributed by atoms with E-state index in [-0.39, 0.29) is 0 Å². The molecule has 0 aliphatic heterocycles. The lowest BCUT2D eigenvalue weighted by Gasteiger charge is -2.36. The minimum absolute atomic E-state index is 0.558. The lowest BCUT2D eigenvalue weighted by Crippen LogP contribution is -2.43. The Morgan fingerprint density at radius 2 is 1.77 bits per heavy atom. The van der Waals surface area contributed by atoms with Gasteiger partial charge >= 0.3 is 0 Å². The Kier molecular flexibility index (Phi) is 5.15. The number of nitrogens with zero attached hydrogens (tertiary/aromatic N) is 1. The number of hydrogen-bond donors (Lipinski definition) is 0. The third-order valence-corrected chi connectivity index (χ3v) is 4.50. The predicted molar refractivity (Wildman–Crippen MR) is 92.1 cm³/mol. The molecule has 2 nitrogen and oxygen atoms in total. The van der Waals surface area contributed by atoms with Gasteiger partial charge in [-0.05, 0) is 50.6 Å². The number of carbonyl (C=O) groups is 1. The quantitative estimate of drug-likeness (QED) is 0.752. The van der Waals surface area contributed by atoms with Gasteiger partial charge in [-0.2, -0.15) is 0 Å². The van der Waals surface area contributed by atoms with Gasteiger partial charge in [0.2, 0.25) is 0 Å². The van der Waals surface area contributed by atoms with Crippen molar-refractivity contribution in [1.29, 1.82) is 0 Å². The van der Waals surface area contributed by atoms with E-state index in [0.717, 1.165) is 24.7 Å². The maximum absolute atomic E-state index is 11.9. The largest absolute Gasteiger partial charge is 0.301 e. The Bertz CT molecular complexity index is 633. The highest BCUT2D eigenvalue weighted by Gasteiger charge is 2.34. The van der Waals surface area contributed by atoms with Crippen LogP contribution in [0, 0.1) is 6.92 Å². The van der Waals surface area contributed by atoms with E-state index in [0.29, 0.717) is 0 Å². The van der Waals surface area contributed by atoms with E-state index >= 15 is 0 Å². The zero-order valence-corrected chi connectivity index (χ0v) is 14.0. The van der Waals surface area contributed by atoms with Gasteiger partial charge in [0.1, 0.15) is 11.8 Å². The molecule has 1 unspecified atom stereocenters. The Balaban J connectivity index is 2.54. The first-order valence-electron chi connectivity index (χ1n) is 7.81. The summed E-state index contributed by atoms with van der Waals surface area (Å²) < 4.78 is 0. The van der Waals surface area contributed by atoms with Gasteiger partial charge in [-0.1, -0.05) is 61.0 Å². The first kappa shape index (κ1) is 16.4. The van der Waals surface area contributed by atoms with E-state index in [1.807, 2.05) is 25.1 Å². The summed E-state index contributed by atoms with van der Waals surface area (Å²) in [7, 11) is 3.95. The third-order valence-electron chi connectivity index (χ3n) is 4.50. The van der Waals surface area contributed by atoms with Crippen molar-refractivity contribution in [3.05, 3.63) is 70.8 Å². The van der Waals surface area contributed by atoms with Crippen LogP contribution < -0.4 is 0 Å². The summed E-state index contributed by atoms with van der Waals surface area (Å²) >= 11 is 0. The van der Waals surface area contributed by atoms with E-state index in [9.17, 15) is 4.79 Å². The van der Waals surface area contributed by atoms with Crippen LogP contribution in [-0.2, 0) is 16.8 Å². The van der Waals surface area contributed by atoms with Gasteiger partial charge in [0.05, 0.1) is 0 Å². The van der Waals surface area contributed by atoms with Crippen LogP contribution in [0.3, 0.4) is 0 Å². The molecule has 0 aromatic heterocycles. The molecule has 0 bridgehead atoms. The summed E-state index contributed by atoms with van der Waals surface area (Å²) in [6.07, 6.45) is 2.70. The SMILES string of the molecule is CCC(C=O)(c1ccc(C)cc1Cc1ccccc1)N(C)C. The molecule has 116 valence electrons. The standard InChI is InChI=1S/C20H25NO/c1-5-20(15-22,21(3)4)19-12-11-16(2)13-18(19)14-17-9-7-6-8-10-17/h6-13,15H,5,14H2,1-4H3. The molecule has 1 atom stereocenters. The topological polar surface area (TPSA) is 20.3 Å². The highest BCUT2D eigenvalue weighted by molar-refractivity contribution is 5.69. The van der Waals surface area contributed by atoms with Gasteiger partial charge in [-0.25, -0.2) is 0 Å². The molecule has 2 aromatic carbocycles. The van der Waals surface area contributed by atoms with Crippen molar-refractivity contribution in [2.45, 2.75) is 32.2 Å². The molecular weight excluding hydrogens is 270 g/mol. The molecule has 2 rings (SSSR count). The number of aryl methyl sites for hydroxylation is 1. The molecule has 0 heterocycles. The molecule has 0 N–H and O–H groups in total. The van der Waals surface area contributed by atoms with Crippen LogP contribution >= 0.6 is 0 Å². The van der Waals surface area contributed by atoms with Crippen molar-refractivity contribution in [2.24, 2.45) is 0 Å². The summed E-state index contributed by atoms with van der Waals surface area (Å²) in [6, 6.07) is 16.8.